The van der Waals surface area contributed by atoms with Crippen LogP contribution in [0, 0.1) is 13.8 Å². The molecule has 0 unspecified atom stereocenters. The summed E-state index contributed by atoms with van der Waals surface area (Å²) in [4.78, 5) is 12.2. The lowest BCUT2D eigenvalue weighted by Crippen LogP contribution is -2.30. The van der Waals surface area contributed by atoms with Gasteiger partial charge in [-0.2, -0.15) is 0 Å². The van der Waals surface area contributed by atoms with Gasteiger partial charge >= 0.3 is 0 Å². The maximum absolute atomic E-state index is 12.2. The largest absolute Gasteiger partial charge is 0.481 e. The second-order valence-electron chi connectivity index (χ2n) is 5.15. The molecule has 2 aromatic rings. The summed E-state index contributed by atoms with van der Waals surface area (Å²) in [6, 6.07) is 10.8. The van der Waals surface area contributed by atoms with E-state index in [1.54, 1.807) is 25.1 Å². The molecule has 0 heterocycles. The number of nitrogens with one attached hydrogen (secondary N) is 1. The molecule has 0 aromatic heterocycles. The van der Waals surface area contributed by atoms with Gasteiger partial charge < -0.3 is 10.1 Å². The van der Waals surface area contributed by atoms with Crippen LogP contribution in [0.2, 0.25) is 10.0 Å². The maximum Gasteiger partial charge on any atom is 0.265 e. The van der Waals surface area contributed by atoms with Crippen LogP contribution < -0.4 is 10.1 Å². The molecule has 0 aliphatic rings. The highest BCUT2D eigenvalue weighted by molar-refractivity contribution is 6.42. The van der Waals surface area contributed by atoms with Crippen molar-refractivity contribution in [2.45, 2.75) is 26.9 Å². The van der Waals surface area contributed by atoms with Crippen molar-refractivity contribution in [3.05, 3.63) is 57.6 Å². The Morgan fingerprint density at radius 3 is 2.45 bits per heavy atom. The van der Waals surface area contributed by atoms with Gasteiger partial charge in [-0.05, 0) is 50.6 Å². The fourth-order valence-corrected chi connectivity index (χ4v) is 2.29. The Kier molecular flexibility index (Phi) is 5.33. The summed E-state index contributed by atoms with van der Waals surface area (Å²) in [5, 5.41) is 3.59. The van der Waals surface area contributed by atoms with Crippen LogP contribution >= 0.6 is 23.2 Å². The monoisotopic (exact) mass is 337 g/mol. The first kappa shape index (κ1) is 16.7. The minimum atomic E-state index is -0.629. The normalized spacial score (nSPS) is 11.9. The van der Waals surface area contributed by atoms with Gasteiger partial charge in [0.15, 0.2) is 6.10 Å². The smallest absolute Gasteiger partial charge is 0.265 e. The number of rotatable bonds is 4. The summed E-state index contributed by atoms with van der Waals surface area (Å²) in [5.41, 5.74) is 2.72. The lowest BCUT2D eigenvalue weighted by molar-refractivity contribution is -0.122. The van der Waals surface area contributed by atoms with Crippen molar-refractivity contribution in [1.82, 2.24) is 0 Å². The lowest BCUT2D eigenvalue weighted by Gasteiger charge is -2.16. The molecule has 3 nitrogen and oxygen atoms in total. The van der Waals surface area contributed by atoms with Gasteiger partial charge in [0.25, 0.3) is 5.91 Å². The Morgan fingerprint density at radius 1 is 1.09 bits per heavy atom. The van der Waals surface area contributed by atoms with Crippen molar-refractivity contribution >= 4 is 34.8 Å². The van der Waals surface area contributed by atoms with Gasteiger partial charge in [-0.25, -0.2) is 0 Å². The van der Waals surface area contributed by atoms with Crippen molar-refractivity contribution in [2.75, 3.05) is 5.32 Å². The molecule has 0 bridgehead atoms. The maximum atomic E-state index is 12.2. The van der Waals surface area contributed by atoms with E-state index in [2.05, 4.69) is 5.32 Å². The van der Waals surface area contributed by atoms with E-state index in [0.717, 1.165) is 11.1 Å². The highest BCUT2D eigenvalue weighted by Crippen LogP contribution is 2.25. The molecule has 5 heteroatoms. The van der Waals surface area contributed by atoms with Gasteiger partial charge in [-0.1, -0.05) is 40.9 Å². The van der Waals surface area contributed by atoms with E-state index in [1.807, 2.05) is 32.0 Å². The van der Waals surface area contributed by atoms with Crippen molar-refractivity contribution in [3.63, 3.8) is 0 Å². The first-order valence-electron chi connectivity index (χ1n) is 6.86. The molecule has 2 rings (SSSR count). The van der Waals surface area contributed by atoms with Gasteiger partial charge in [-0.3, -0.25) is 4.79 Å². The van der Waals surface area contributed by atoms with Crippen molar-refractivity contribution in [3.8, 4) is 5.75 Å². The zero-order chi connectivity index (χ0) is 16.3. The number of amides is 1. The molecule has 0 aliphatic heterocycles. The Hall–Kier alpha value is -1.71. The molecule has 1 N–H and O–H groups in total. The molecule has 0 saturated heterocycles. The van der Waals surface area contributed by atoms with Crippen molar-refractivity contribution in [1.29, 1.82) is 0 Å². The highest BCUT2D eigenvalue weighted by atomic mass is 35.5. The van der Waals surface area contributed by atoms with E-state index in [-0.39, 0.29) is 5.91 Å². The molecular formula is C17H17Cl2NO2. The van der Waals surface area contributed by atoms with Crippen LogP contribution in [0.15, 0.2) is 36.4 Å². The number of anilines is 1. The molecule has 1 atom stereocenters. The Balaban J connectivity index is 2.04. The SMILES string of the molecule is Cc1ccc(O[C@H](C)C(=O)Nc2ccc(Cl)c(Cl)c2)c(C)c1. The number of benzene rings is 2. The van der Waals surface area contributed by atoms with E-state index in [4.69, 9.17) is 27.9 Å². The predicted octanol–water partition coefficient (Wildman–Crippen LogP) is 5.02. The fourth-order valence-electron chi connectivity index (χ4n) is 1.99. The standard InChI is InChI=1S/C17H17Cl2NO2/c1-10-4-7-16(11(2)8-10)22-12(3)17(21)20-13-5-6-14(18)15(19)9-13/h4-9,12H,1-3H3,(H,20,21)/t12-/m1/s1. The topological polar surface area (TPSA) is 38.3 Å². The van der Waals surface area contributed by atoms with Crippen LogP contribution in [0.3, 0.4) is 0 Å². The Labute approximate surface area is 140 Å². The van der Waals surface area contributed by atoms with Crippen molar-refractivity contribution < 1.29 is 9.53 Å². The number of halogens is 2. The fraction of sp³-hybridized carbons (Fsp3) is 0.235. The average Bonchev–Trinajstić information content (AvgIpc) is 2.45. The van der Waals surface area contributed by atoms with Crippen molar-refractivity contribution in [2.24, 2.45) is 0 Å². The van der Waals surface area contributed by atoms with E-state index in [9.17, 15) is 4.79 Å². The zero-order valence-electron chi connectivity index (χ0n) is 12.6. The predicted molar refractivity (Wildman–Crippen MR) is 91.1 cm³/mol. The van der Waals surface area contributed by atoms with E-state index >= 15 is 0 Å². The molecule has 116 valence electrons. The minimum Gasteiger partial charge on any atom is -0.481 e. The minimum absolute atomic E-state index is 0.252. The quantitative estimate of drug-likeness (QED) is 0.850. The zero-order valence-corrected chi connectivity index (χ0v) is 14.1. The molecule has 1 amide bonds. The van der Waals surface area contributed by atoms with Crippen LogP contribution in [-0.4, -0.2) is 12.0 Å². The third-order valence-corrected chi connectivity index (χ3v) is 3.93. The second kappa shape index (κ2) is 7.03. The third-order valence-electron chi connectivity index (χ3n) is 3.19. The van der Waals surface area contributed by atoms with Crippen LogP contribution in [-0.2, 0) is 4.79 Å². The molecule has 22 heavy (non-hydrogen) atoms. The summed E-state index contributed by atoms with van der Waals surface area (Å²) in [5.74, 6) is 0.445. The summed E-state index contributed by atoms with van der Waals surface area (Å²) >= 11 is 11.8. The first-order valence-corrected chi connectivity index (χ1v) is 7.62. The first-order chi connectivity index (χ1) is 10.4. The lowest BCUT2D eigenvalue weighted by atomic mass is 10.1. The van der Waals surface area contributed by atoms with E-state index < -0.39 is 6.10 Å². The van der Waals surface area contributed by atoms with Gasteiger partial charge in [0.1, 0.15) is 5.75 Å². The Morgan fingerprint density at radius 2 is 1.82 bits per heavy atom. The number of carbonyl (C=O) groups excluding carboxylic acids is 1. The Bertz CT molecular complexity index is 701. The van der Waals surface area contributed by atoms with Gasteiger partial charge in [0.05, 0.1) is 10.0 Å². The molecule has 2 aromatic carbocycles. The molecular weight excluding hydrogens is 321 g/mol. The van der Waals surface area contributed by atoms with Crippen LogP contribution in [0.1, 0.15) is 18.1 Å². The number of hydrogen-bond donors (Lipinski definition) is 1. The molecule has 0 radical (unpaired) electrons. The molecule has 0 saturated carbocycles. The number of hydrogen-bond acceptors (Lipinski definition) is 2. The number of carbonyl (C=O) groups is 1. The number of aryl methyl sites for hydroxylation is 2. The summed E-state index contributed by atoms with van der Waals surface area (Å²) < 4.78 is 5.72. The van der Waals surface area contributed by atoms with Gasteiger partial charge in [0.2, 0.25) is 0 Å². The highest BCUT2D eigenvalue weighted by Gasteiger charge is 2.16. The second-order valence-corrected chi connectivity index (χ2v) is 5.96. The van der Waals surface area contributed by atoms with Crippen LogP contribution in [0.5, 0.6) is 5.75 Å². The summed E-state index contributed by atoms with van der Waals surface area (Å²) in [6.45, 7) is 5.66. The van der Waals surface area contributed by atoms with E-state index in [0.29, 0.717) is 21.5 Å². The number of ether oxygens (including phenoxy) is 1. The van der Waals surface area contributed by atoms with Gasteiger partial charge in [-0.15, -0.1) is 0 Å². The molecule has 0 aliphatic carbocycles. The van der Waals surface area contributed by atoms with Crippen LogP contribution in [0.4, 0.5) is 5.69 Å². The molecule has 0 spiro atoms. The summed E-state index contributed by atoms with van der Waals surface area (Å²) in [6.07, 6.45) is -0.629. The van der Waals surface area contributed by atoms with E-state index in [1.165, 1.54) is 0 Å². The van der Waals surface area contributed by atoms with Crippen LogP contribution in [0.25, 0.3) is 0 Å². The molecule has 0 fully saturated rings. The third kappa shape index (κ3) is 4.15. The summed E-state index contributed by atoms with van der Waals surface area (Å²) in [7, 11) is 0. The van der Waals surface area contributed by atoms with Gasteiger partial charge in [0, 0.05) is 5.69 Å². The average molecular weight is 338 g/mol.